The minimum atomic E-state index is -0.979. The number of likely N-dealkylation sites (tertiary alicyclic amines) is 1. The van der Waals surface area contributed by atoms with Crippen molar-refractivity contribution in [1.29, 1.82) is 0 Å². The summed E-state index contributed by atoms with van der Waals surface area (Å²) in [7, 11) is 0. The highest BCUT2D eigenvalue weighted by Crippen LogP contribution is 2.22. The van der Waals surface area contributed by atoms with E-state index in [1.807, 2.05) is 37.3 Å². The number of hydrogen-bond donors (Lipinski definition) is 2. The molecule has 20 heavy (non-hydrogen) atoms. The van der Waals surface area contributed by atoms with Gasteiger partial charge in [0, 0.05) is 6.54 Å². The maximum absolute atomic E-state index is 11.9. The van der Waals surface area contributed by atoms with Crippen LogP contribution < -0.4 is 5.48 Å². The second-order valence-electron chi connectivity index (χ2n) is 5.03. The first kappa shape index (κ1) is 14.3. The smallest absolute Gasteiger partial charge is 0.342 e. The van der Waals surface area contributed by atoms with E-state index in [1.165, 1.54) is 4.90 Å². The zero-order valence-electron chi connectivity index (χ0n) is 11.3. The third kappa shape index (κ3) is 3.48. The first-order valence-electron chi connectivity index (χ1n) is 6.53. The van der Waals surface area contributed by atoms with E-state index in [-0.39, 0.29) is 12.5 Å². The Morgan fingerprint density at radius 1 is 1.40 bits per heavy atom. The Kier molecular flexibility index (Phi) is 4.57. The molecule has 6 heteroatoms. The van der Waals surface area contributed by atoms with Crippen LogP contribution in [0.2, 0.25) is 0 Å². The van der Waals surface area contributed by atoms with Gasteiger partial charge in [0.15, 0.2) is 0 Å². The first-order valence-corrected chi connectivity index (χ1v) is 6.53. The van der Waals surface area contributed by atoms with Gasteiger partial charge < -0.3 is 10.0 Å². The van der Waals surface area contributed by atoms with E-state index in [2.05, 4.69) is 5.48 Å². The first-order chi connectivity index (χ1) is 9.58. The summed E-state index contributed by atoms with van der Waals surface area (Å²) >= 11 is 0. The SMILES string of the molecule is C[C@@H]1C[C@@H](C(=O)O)N(C(=O)NOCc2ccccc2)C1. The summed E-state index contributed by atoms with van der Waals surface area (Å²) in [5.41, 5.74) is 3.23. The number of hydrogen-bond acceptors (Lipinski definition) is 3. The average molecular weight is 278 g/mol. The lowest BCUT2D eigenvalue weighted by Crippen LogP contribution is -2.46. The van der Waals surface area contributed by atoms with E-state index >= 15 is 0 Å². The van der Waals surface area contributed by atoms with Gasteiger partial charge in [0.05, 0.1) is 6.61 Å². The molecule has 1 fully saturated rings. The van der Waals surface area contributed by atoms with Crippen LogP contribution in [0.4, 0.5) is 4.79 Å². The fourth-order valence-electron chi connectivity index (χ4n) is 2.32. The summed E-state index contributed by atoms with van der Waals surface area (Å²) in [5, 5.41) is 9.09. The standard InChI is InChI=1S/C14H18N2O4/c1-10-7-12(13(17)18)16(8-10)14(19)15-20-9-11-5-3-2-4-6-11/h2-6,10,12H,7-9H2,1H3,(H,15,19)(H,17,18)/t10-,12+/m1/s1. The molecule has 1 saturated heterocycles. The van der Waals surface area contributed by atoms with Gasteiger partial charge >= 0.3 is 12.0 Å². The summed E-state index contributed by atoms with van der Waals surface area (Å²) in [6.45, 7) is 2.60. The van der Waals surface area contributed by atoms with E-state index in [1.54, 1.807) is 0 Å². The monoisotopic (exact) mass is 278 g/mol. The number of nitrogens with one attached hydrogen (secondary N) is 1. The van der Waals surface area contributed by atoms with E-state index in [4.69, 9.17) is 9.94 Å². The van der Waals surface area contributed by atoms with Crippen molar-refractivity contribution >= 4 is 12.0 Å². The average Bonchev–Trinajstić information content (AvgIpc) is 2.82. The summed E-state index contributed by atoms with van der Waals surface area (Å²) in [4.78, 5) is 29.4. The Morgan fingerprint density at radius 2 is 2.10 bits per heavy atom. The molecule has 0 radical (unpaired) electrons. The molecule has 2 rings (SSSR count). The molecule has 6 nitrogen and oxygen atoms in total. The quantitative estimate of drug-likeness (QED) is 0.820. The van der Waals surface area contributed by atoms with Crippen molar-refractivity contribution in [2.75, 3.05) is 6.54 Å². The van der Waals surface area contributed by atoms with Crippen LogP contribution in [-0.4, -0.2) is 34.6 Å². The van der Waals surface area contributed by atoms with Crippen molar-refractivity contribution in [2.24, 2.45) is 5.92 Å². The highest BCUT2D eigenvalue weighted by molar-refractivity contribution is 5.82. The van der Waals surface area contributed by atoms with Gasteiger partial charge in [-0.1, -0.05) is 37.3 Å². The molecule has 1 aliphatic rings. The number of rotatable bonds is 4. The molecule has 0 unspecified atom stereocenters. The molecular formula is C14H18N2O4. The van der Waals surface area contributed by atoms with Gasteiger partial charge in [0.2, 0.25) is 0 Å². The third-order valence-electron chi connectivity index (χ3n) is 3.30. The zero-order chi connectivity index (χ0) is 14.5. The molecule has 2 atom stereocenters. The van der Waals surface area contributed by atoms with Crippen molar-refractivity contribution in [1.82, 2.24) is 10.4 Å². The number of carbonyl (C=O) groups excluding carboxylic acids is 1. The van der Waals surface area contributed by atoms with Gasteiger partial charge in [0.1, 0.15) is 6.04 Å². The Morgan fingerprint density at radius 3 is 2.75 bits per heavy atom. The fraction of sp³-hybridized carbons (Fsp3) is 0.429. The molecule has 1 aromatic carbocycles. The van der Waals surface area contributed by atoms with Crippen LogP contribution in [0.25, 0.3) is 0 Å². The highest BCUT2D eigenvalue weighted by Gasteiger charge is 2.37. The van der Waals surface area contributed by atoms with Crippen LogP contribution in [-0.2, 0) is 16.2 Å². The maximum Gasteiger partial charge on any atom is 0.342 e. The number of benzene rings is 1. The van der Waals surface area contributed by atoms with Gasteiger partial charge in [0.25, 0.3) is 0 Å². The molecule has 0 aliphatic carbocycles. The van der Waals surface area contributed by atoms with Crippen molar-refractivity contribution < 1.29 is 19.5 Å². The van der Waals surface area contributed by atoms with E-state index in [9.17, 15) is 9.59 Å². The van der Waals surface area contributed by atoms with E-state index in [0.717, 1.165) is 5.56 Å². The lowest BCUT2D eigenvalue weighted by Gasteiger charge is -2.21. The van der Waals surface area contributed by atoms with E-state index < -0.39 is 18.0 Å². The maximum atomic E-state index is 11.9. The number of aliphatic carboxylic acids is 1. The topological polar surface area (TPSA) is 78.9 Å². The van der Waals surface area contributed by atoms with E-state index in [0.29, 0.717) is 13.0 Å². The predicted octanol–water partition coefficient (Wildman–Crippen LogP) is 1.62. The molecule has 0 saturated carbocycles. The van der Waals surface area contributed by atoms with Crippen LogP contribution in [0.15, 0.2) is 30.3 Å². The molecule has 0 aromatic heterocycles. The second-order valence-corrected chi connectivity index (χ2v) is 5.03. The summed E-state index contributed by atoms with van der Waals surface area (Å²) in [6.07, 6.45) is 0.474. The molecular weight excluding hydrogens is 260 g/mol. The van der Waals surface area contributed by atoms with Crippen LogP contribution in [0.3, 0.4) is 0 Å². The molecule has 1 aromatic rings. The van der Waals surface area contributed by atoms with Crippen LogP contribution in [0.5, 0.6) is 0 Å². The number of hydroxylamine groups is 1. The third-order valence-corrected chi connectivity index (χ3v) is 3.30. The lowest BCUT2D eigenvalue weighted by molar-refractivity contribution is -0.141. The summed E-state index contributed by atoms with van der Waals surface area (Å²) < 4.78 is 0. The molecule has 108 valence electrons. The number of amides is 2. The van der Waals surface area contributed by atoms with Crippen molar-refractivity contribution in [3.05, 3.63) is 35.9 Å². The minimum absolute atomic E-state index is 0.177. The minimum Gasteiger partial charge on any atom is -0.480 e. The van der Waals surface area contributed by atoms with Gasteiger partial charge in [-0.2, -0.15) is 0 Å². The Bertz CT molecular complexity index is 477. The molecule has 0 spiro atoms. The normalized spacial score (nSPS) is 21.8. The van der Waals surface area contributed by atoms with Crippen LogP contribution in [0.1, 0.15) is 18.9 Å². The molecule has 2 N–H and O–H groups in total. The Labute approximate surface area is 117 Å². The number of nitrogens with zero attached hydrogens (tertiary/aromatic N) is 1. The molecule has 1 heterocycles. The van der Waals surface area contributed by atoms with Crippen LogP contribution >= 0.6 is 0 Å². The summed E-state index contributed by atoms with van der Waals surface area (Å²) in [5.74, 6) is -0.802. The Balaban J connectivity index is 1.84. The molecule has 2 amide bonds. The number of carboxylic acid groups (broad SMARTS) is 1. The predicted molar refractivity (Wildman–Crippen MR) is 71.7 cm³/mol. The van der Waals surface area contributed by atoms with Gasteiger partial charge in [-0.25, -0.2) is 15.1 Å². The van der Waals surface area contributed by atoms with Gasteiger partial charge in [-0.3, -0.25) is 4.84 Å². The summed E-state index contributed by atoms with van der Waals surface area (Å²) in [6, 6.07) is 8.13. The van der Waals surface area contributed by atoms with Crippen molar-refractivity contribution in [3.63, 3.8) is 0 Å². The number of carboxylic acids is 1. The van der Waals surface area contributed by atoms with Crippen molar-refractivity contribution in [3.8, 4) is 0 Å². The highest BCUT2D eigenvalue weighted by atomic mass is 16.7. The number of carbonyl (C=O) groups is 2. The van der Waals surface area contributed by atoms with Gasteiger partial charge in [-0.15, -0.1) is 0 Å². The molecule has 1 aliphatic heterocycles. The Hall–Kier alpha value is -2.08. The van der Waals surface area contributed by atoms with Gasteiger partial charge in [-0.05, 0) is 17.9 Å². The number of urea groups is 1. The fourth-order valence-corrected chi connectivity index (χ4v) is 2.32. The molecule has 0 bridgehead atoms. The lowest BCUT2D eigenvalue weighted by atomic mass is 10.1. The zero-order valence-corrected chi connectivity index (χ0v) is 11.3. The van der Waals surface area contributed by atoms with Crippen LogP contribution in [0, 0.1) is 5.92 Å². The second kappa shape index (κ2) is 6.38. The largest absolute Gasteiger partial charge is 0.480 e. The van der Waals surface area contributed by atoms with Crippen molar-refractivity contribution in [2.45, 2.75) is 26.0 Å².